The van der Waals surface area contributed by atoms with Crippen LogP contribution in [0, 0.1) is 20.8 Å². The Morgan fingerprint density at radius 2 is 1.81 bits per heavy atom. The number of hydrogen-bond donors (Lipinski definition) is 1. The molecule has 1 aliphatic carbocycles. The van der Waals surface area contributed by atoms with Crippen molar-refractivity contribution in [3.63, 3.8) is 0 Å². The molecule has 1 aliphatic rings. The van der Waals surface area contributed by atoms with E-state index in [4.69, 9.17) is 10.5 Å². The van der Waals surface area contributed by atoms with Gasteiger partial charge in [0.05, 0.1) is 7.11 Å². The van der Waals surface area contributed by atoms with Crippen LogP contribution in [0.1, 0.15) is 41.5 Å². The molecule has 2 N–H and O–H groups in total. The highest BCUT2D eigenvalue weighted by molar-refractivity contribution is 5.53. The molecule has 0 unspecified atom stereocenters. The molecule has 0 atom stereocenters. The lowest BCUT2D eigenvalue weighted by molar-refractivity contribution is 0.242. The van der Waals surface area contributed by atoms with E-state index in [0.717, 1.165) is 18.6 Å². The lowest BCUT2D eigenvalue weighted by Crippen LogP contribution is -2.44. The molecular formula is C14H21NO. The van der Waals surface area contributed by atoms with Gasteiger partial charge in [-0.15, -0.1) is 0 Å². The smallest absolute Gasteiger partial charge is 0.127 e. The van der Waals surface area contributed by atoms with E-state index in [1.54, 1.807) is 7.11 Å². The van der Waals surface area contributed by atoms with Crippen molar-refractivity contribution in [1.82, 2.24) is 0 Å². The van der Waals surface area contributed by atoms with Crippen LogP contribution in [0.4, 0.5) is 0 Å². The molecule has 1 saturated carbocycles. The molecule has 1 aromatic rings. The van der Waals surface area contributed by atoms with Gasteiger partial charge < -0.3 is 10.5 Å². The summed E-state index contributed by atoms with van der Waals surface area (Å²) in [7, 11) is 1.74. The van der Waals surface area contributed by atoms with Gasteiger partial charge in [-0.25, -0.2) is 0 Å². The Kier molecular flexibility index (Phi) is 2.70. The molecule has 1 aromatic carbocycles. The monoisotopic (exact) mass is 219 g/mol. The third-order valence-corrected chi connectivity index (χ3v) is 3.93. The van der Waals surface area contributed by atoms with Crippen molar-refractivity contribution >= 4 is 0 Å². The van der Waals surface area contributed by atoms with Crippen molar-refractivity contribution in [3.8, 4) is 5.75 Å². The van der Waals surface area contributed by atoms with Crippen LogP contribution < -0.4 is 10.5 Å². The SMILES string of the molecule is COc1c(C)c(C)cc(C)c1C1(N)CCC1. The standard InChI is InChI=1S/C14H21NO/c1-9-8-10(2)12(13(16-4)11(9)3)14(15)6-5-7-14/h8H,5-7,15H2,1-4H3. The number of hydrogen-bond acceptors (Lipinski definition) is 2. The highest BCUT2D eigenvalue weighted by Crippen LogP contribution is 2.46. The fraction of sp³-hybridized carbons (Fsp3) is 0.571. The van der Waals surface area contributed by atoms with Crippen molar-refractivity contribution in [2.75, 3.05) is 7.11 Å². The van der Waals surface area contributed by atoms with Crippen LogP contribution in [0.25, 0.3) is 0 Å². The molecule has 0 aliphatic heterocycles. The molecule has 0 spiro atoms. The van der Waals surface area contributed by atoms with Crippen LogP contribution >= 0.6 is 0 Å². The number of aryl methyl sites for hydroxylation is 2. The molecule has 0 aromatic heterocycles. The number of methoxy groups -OCH3 is 1. The summed E-state index contributed by atoms with van der Waals surface area (Å²) in [5.74, 6) is 1.000. The van der Waals surface area contributed by atoms with Crippen LogP contribution in [0.2, 0.25) is 0 Å². The van der Waals surface area contributed by atoms with Crippen molar-refractivity contribution < 1.29 is 4.74 Å². The third-order valence-electron chi connectivity index (χ3n) is 3.93. The number of ether oxygens (including phenoxy) is 1. The highest BCUT2D eigenvalue weighted by atomic mass is 16.5. The zero-order chi connectivity index (χ0) is 11.9. The number of benzene rings is 1. The predicted octanol–water partition coefficient (Wildman–Crippen LogP) is 2.96. The van der Waals surface area contributed by atoms with Gasteiger partial charge in [0.1, 0.15) is 5.75 Å². The quantitative estimate of drug-likeness (QED) is 0.830. The van der Waals surface area contributed by atoms with E-state index in [1.165, 1.54) is 28.7 Å². The lowest BCUT2D eigenvalue weighted by atomic mass is 9.70. The van der Waals surface area contributed by atoms with Gasteiger partial charge in [-0.2, -0.15) is 0 Å². The fourth-order valence-corrected chi connectivity index (χ4v) is 2.73. The summed E-state index contributed by atoms with van der Waals surface area (Å²) in [6.45, 7) is 6.37. The Morgan fingerprint density at radius 3 is 2.25 bits per heavy atom. The second-order valence-electron chi connectivity index (χ2n) is 5.05. The largest absolute Gasteiger partial charge is 0.496 e. The average Bonchev–Trinajstić information content (AvgIpc) is 2.19. The van der Waals surface area contributed by atoms with Crippen molar-refractivity contribution in [2.45, 2.75) is 45.6 Å². The molecule has 0 heterocycles. The number of nitrogens with two attached hydrogens (primary N) is 1. The Labute approximate surface area is 97.8 Å². The Bertz CT molecular complexity index is 419. The Balaban J connectivity index is 2.63. The molecule has 88 valence electrons. The molecule has 0 radical (unpaired) electrons. The molecule has 0 amide bonds. The molecular weight excluding hydrogens is 198 g/mol. The van der Waals surface area contributed by atoms with Gasteiger partial charge in [-0.05, 0) is 56.7 Å². The molecule has 0 saturated heterocycles. The minimum atomic E-state index is -0.145. The minimum Gasteiger partial charge on any atom is -0.496 e. The van der Waals surface area contributed by atoms with Gasteiger partial charge in [0.25, 0.3) is 0 Å². The van der Waals surface area contributed by atoms with E-state index in [0.29, 0.717) is 0 Å². The summed E-state index contributed by atoms with van der Waals surface area (Å²) in [5, 5.41) is 0. The second-order valence-corrected chi connectivity index (χ2v) is 5.05. The zero-order valence-corrected chi connectivity index (χ0v) is 10.7. The second kappa shape index (κ2) is 3.77. The topological polar surface area (TPSA) is 35.2 Å². The van der Waals surface area contributed by atoms with E-state index >= 15 is 0 Å². The zero-order valence-electron chi connectivity index (χ0n) is 10.7. The van der Waals surface area contributed by atoms with E-state index < -0.39 is 0 Å². The van der Waals surface area contributed by atoms with Gasteiger partial charge in [-0.3, -0.25) is 0 Å². The molecule has 2 rings (SSSR count). The van der Waals surface area contributed by atoms with Crippen LogP contribution in [-0.2, 0) is 5.54 Å². The van der Waals surface area contributed by atoms with Crippen LogP contribution in [0.15, 0.2) is 6.07 Å². The maximum atomic E-state index is 6.44. The fourth-order valence-electron chi connectivity index (χ4n) is 2.73. The number of rotatable bonds is 2. The maximum absolute atomic E-state index is 6.44. The van der Waals surface area contributed by atoms with E-state index in [2.05, 4.69) is 26.8 Å². The van der Waals surface area contributed by atoms with E-state index in [9.17, 15) is 0 Å². The molecule has 1 fully saturated rings. The average molecular weight is 219 g/mol. The molecule has 2 heteroatoms. The first-order valence-electron chi connectivity index (χ1n) is 5.94. The van der Waals surface area contributed by atoms with Gasteiger partial charge in [-0.1, -0.05) is 6.07 Å². The van der Waals surface area contributed by atoms with Gasteiger partial charge in [0.15, 0.2) is 0 Å². The summed E-state index contributed by atoms with van der Waals surface area (Å²) in [5.41, 5.74) is 11.3. The summed E-state index contributed by atoms with van der Waals surface area (Å²) in [6, 6.07) is 2.22. The van der Waals surface area contributed by atoms with E-state index in [1.807, 2.05) is 0 Å². The predicted molar refractivity (Wildman–Crippen MR) is 66.9 cm³/mol. The Morgan fingerprint density at radius 1 is 1.19 bits per heavy atom. The van der Waals surface area contributed by atoms with Crippen molar-refractivity contribution in [3.05, 3.63) is 28.3 Å². The van der Waals surface area contributed by atoms with Crippen LogP contribution in [-0.4, -0.2) is 7.11 Å². The van der Waals surface area contributed by atoms with Crippen molar-refractivity contribution in [1.29, 1.82) is 0 Å². The highest BCUT2D eigenvalue weighted by Gasteiger charge is 2.38. The molecule has 0 bridgehead atoms. The normalized spacial score (nSPS) is 18.1. The first kappa shape index (κ1) is 11.5. The first-order chi connectivity index (χ1) is 7.49. The molecule has 16 heavy (non-hydrogen) atoms. The van der Waals surface area contributed by atoms with Gasteiger partial charge in [0.2, 0.25) is 0 Å². The molecule has 2 nitrogen and oxygen atoms in total. The lowest BCUT2D eigenvalue weighted by Gasteiger charge is -2.41. The first-order valence-corrected chi connectivity index (χ1v) is 5.94. The summed E-state index contributed by atoms with van der Waals surface area (Å²) in [6.07, 6.45) is 3.38. The van der Waals surface area contributed by atoms with Gasteiger partial charge in [0, 0.05) is 11.1 Å². The maximum Gasteiger partial charge on any atom is 0.127 e. The summed E-state index contributed by atoms with van der Waals surface area (Å²) >= 11 is 0. The third kappa shape index (κ3) is 1.52. The van der Waals surface area contributed by atoms with Gasteiger partial charge >= 0.3 is 0 Å². The van der Waals surface area contributed by atoms with Crippen LogP contribution in [0.5, 0.6) is 5.75 Å². The Hall–Kier alpha value is -1.02. The minimum absolute atomic E-state index is 0.145. The summed E-state index contributed by atoms with van der Waals surface area (Å²) in [4.78, 5) is 0. The van der Waals surface area contributed by atoms with E-state index in [-0.39, 0.29) is 5.54 Å². The van der Waals surface area contributed by atoms with Crippen molar-refractivity contribution in [2.24, 2.45) is 5.73 Å². The van der Waals surface area contributed by atoms with Crippen LogP contribution in [0.3, 0.4) is 0 Å². The summed E-state index contributed by atoms with van der Waals surface area (Å²) < 4.78 is 5.58.